The fourth-order valence-corrected chi connectivity index (χ4v) is 8.53. The number of methoxy groups -OCH3 is 1. The summed E-state index contributed by atoms with van der Waals surface area (Å²) in [6, 6.07) is 20.5. The van der Waals surface area contributed by atoms with Crippen LogP contribution < -0.4 is 16.0 Å². The van der Waals surface area contributed by atoms with Gasteiger partial charge in [-0.2, -0.15) is 0 Å². The highest BCUT2D eigenvalue weighted by atomic mass is 35.5. The van der Waals surface area contributed by atoms with Crippen molar-refractivity contribution in [2.75, 3.05) is 17.7 Å². The molecule has 1 aliphatic rings. The summed E-state index contributed by atoms with van der Waals surface area (Å²) in [4.78, 5) is 54.9. The van der Waals surface area contributed by atoms with Crippen LogP contribution in [0.1, 0.15) is 70.8 Å². The molecule has 12 heteroatoms. The summed E-state index contributed by atoms with van der Waals surface area (Å²) >= 11 is 15.5. The van der Waals surface area contributed by atoms with E-state index in [1.165, 1.54) is 36.3 Å². The molecule has 0 saturated heterocycles. The van der Waals surface area contributed by atoms with E-state index >= 15 is 0 Å². The van der Waals surface area contributed by atoms with Crippen LogP contribution in [0.25, 0.3) is 6.08 Å². The van der Waals surface area contributed by atoms with E-state index in [2.05, 4.69) is 36.7 Å². The topological polar surface area (TPSA) is 114 Å². The van der Waals surface area contributed by atoms with Gasteiger partial charge in [-0.05, 0) is 91.6 Å². The standard InChI is InChI=1S/C39H39Cl2N3O5S2/c1-22(34(45)44-37-33(38(48)49-5)27-18-17-24(39(2,3)4)19-32(27)51-37)50-26-14-9-13-25(20-26)42-36(47)31(21-28-29(40)15-10-16-30(28)41)43-35(46)23-11-7-6-8-12-23/h6-16,20-22,24H,17-19H2,1-5H3,(H,42,47)(H,43,46)(H,44,45)/b31-21+. The molecule has 5 rings (SSSR count). The number of anilines is 2. The molecule has 266 valence electrons. The molecule has 2 atom stereocenters. The first-order valence-electron chi connectivity index (χ1n) is 16.4. The van der Waals surface area contributed by atoms with Gasteiger partial charge in [0.2, 0.25) is 5.91 Å². The van der Waals surface area contributed by atoms with Crippen molar-refractivity contribution in [2.45, 2.75) is 57.1 Å². The van der Waals surface area contributed by atoms with Gasteiger partial charge in [0.15, 0.2) is 0 Å². The lowest BCUT2D eigenvalue weighted by Gasteiger charge is -2.33. The fourth-order valence-electron chi connectivity index (χ4n) is 5.78. The molecule has 3 N–H and O–H groups in total. The molecule has 0 radical (unpaired) electrons. The summed E-state index contributed by atoms with van der Waals surface area (Å²) in [7, 11) is 1.35. The number of ether oxygens (including phenoxy) is 1. The number of thiophene rings is 1. The van der Waals surface area contributed by atoms with E-state index in [1.807, 2.05) is 6.07 Å². The second kappa shape index (κ2) is 16.5. The first-order chi connectivity index (χ1) is 24.2. The molecule has 0 fully saturated rings. The van der Waals surface area contributed by atoms with Gasteiger partial charge in [-0.3, -0.25) is 14.4 Å². The lowest BCUT2D eigenvalue weighted by Crippen LogP contribution is -2.30. The zero-order chi connectivity index (χ0) is 36.9. The van der Waals surface area contributed by atoms with Gasteiger partial charge < -0.3 is 20.7 Å². The molecule has 3 aromatic carbocycles. The Morgan fingerprint density at radius 1 is 0.961 bits per heavy atom. The highest BCUT2D eigenvalue weighted by molar-refractivity contribution is 8.00. The highest BCUT2D eigenvalue weighted by Crippen LogP contribution is 2.44. The van der Waals surface area contributed by atoms with Crippen LogP contribution in [0.4, 0.5) is 10.7 Å². The van der Waals surface area contributed by atoms with Gasteiger partial charge in [0, 0.05) is 36.6 Å². The third kappa shape index (κ3) is 9.43. The minimum absolute atomic E-state index is 0.0708. The number of thioether (sulfide) groups is 1. The maximum absolute atomic E-state index is 13.6. The molecule has 8 nitrogen and oxygen atoms in total. The number of carbonyl (C=O) groups excluding carboxylic acids is 4. The number of halogens is 2. The predicted molar refractivity (Wildman–Crippen MR) is 208 cm³/mol. The Morgan fingerprint density at radius 2 is 1.65 bits per heavy atom. The summed E-state index contributed by atoms with van der Waals surface area (Å²) in [5.74, 6) is -1.34. The molecule has 4 aromatic rings. The number of nitrogens with one attached hydrogen (secondary N) is 3. The Morgan fingerprint density at radius 3 is 2.31 bits per heavy atom. The van der Waals surface area contributed by atoms with E-state index in [-0.39, 0.29) is 17.0 Å². The van der Waals surface area contributed by atoms with E-state index in [1.54, 1.807) is 73.7 Å². The number of rotatable bonds is 10. The third-order valence-electron chi connectivity index (χ3n) is 8.71. The van der Waals surface area contributed by atoms with E-state index in [9.17, 15) is 19.2 Å². The number of hydrogen-bond acceptors (Lipinski definition) is 7. The molecular weight excluding hydrogens is 725 g/mol. The van der Waals surface area contributed by atoms with Gasteiger partial charge in [-0.1, -0.05) is 74.3 Å². The largest absolute Gasteiger partial charge is 0.465 e. The average molecular weight is 765 g/mol. The molecule has 0 spiro atoms. The van der Waals surface area contributed by atoms with Crippen LogP contribution in [0.5, 0.6) is 0 Å². The van der Waals surface area contributed by atoms with Crippen molar-refractivity contribution in [3.8, 4) is 0 Å². The molecule has 1 aromatic heterocycles. The van der Waals surface area contributed by atoms with Gasteiger partial charge in [-0.25, -0.2) is 4.79 Å². The van der Waals surface area contributed by atoms with Crippen LogP contribution in [0, 0.1) is 11.3 Å². The highest BCUT2D eigenvalue weighted by Gasteiger charge is 2.34. The second-order valence-electron chi connectivity index (χ2n) is 13.3. The summed E-state index contributed by atoms with van der Waals surface area (Å²) in [6.07, 6.45) is 4.01. The molecule has 1 heterocycles. The molecule has 2 unspecified atom stereocenters. The molecular formula is C39H39Cl2N3O5S2. The maximum atomic E-state index is 13.6. The Balaban J connectivity index is 1.31. The Bertz CT molecular complexity index is 1970. The van der Waals surface area contributed by atoms with Crippen LogP contribution in [-0.4, -0.2) is 36.1 Å². The number of amides is 3. The van der Waals surface area contributed by atoms with Crippen LogP contribution in [0.3, 0.4) is 0 Å². The zero-order valence-electron chi connectivity index (χ0n) is 28.9. The molecule has 0 aliphatic heterocycles. The number of benzene rings is 3. The number of hydrogen-bond donors (Lipinski definition) is 3. The quantitative estimate of drug-likeness (QED) is 0.0843. The van der Waals surface area contributed by atoms with Crippen molar-refractivity contribution in [2.24, 2.45) is 11.3 Å². The second-order valence-corrected chi connectivity index (χ2v) is 16.6. The van der Waals surface area contributed by atoms with Gasteiger partial charge in [-0.15, -0.1) is 23.1 Å². The van der Waals surface area contributed by atoms with Crippen molar-refractivity contribution in [1.82, 2.24) is 5.32 Å². The molecule has 51 heavy (non-hydrogen) atoms. The van der Waals surface area contributed by atoms with Crippen LogP contribution in [0.15, 0.2) is 83.4 Å². The zero-order valence-corrected chi connectivity index (χ0v) is 32.0. The molecule has 0 saturated carbocycles. The smallest absolute Gasteiger partial charge is 0.341 e. The number of esters is 1. The predicted octanol–water partition coefficient (Wildman–Crippen LogP) is 9.52. The Labute approximate surface area is 316 Å². The fraction of sp³-hybridized carbons (Fsp3) is 0.282. The molecule has 3 amide bonds. The summed E-state index contributed by atoms with van der Waals surface area (Å²) in [6.45, 7) is 8.47. The first-order valence-corrected chi connectivity index (χ1v) is 18.8. The summed E-state index contributed by atoms with van der Waals surface area (Å²) < 4.78 is 5.12. The van der Waals surface area contributed by atoms with Gasteiger partial charge >= 0.3 is 5.97 Å². The van der Waals surface area contributed by atoms with E-state index < -0.39 is 23.0 Å². The van der Waals surface area contributed by atoms with Gasteiger partial charge in [0.1, 0.15) is 10.7 Å². The Hall–Kier alpha value is -4.09. The van der Waals surface area contributed by atoms with Gasteiger partial charge in [0.25, 0.3) is 11.8 Å². The van der Waals surface area contributed by atoms with Crippen LogP contribution >= 0.6 is 46.3 Å². The number of carbonyl (C=O) groups is 4. The summed E-state index contributed by atoms with van der Waals surface area (Å²) in [5.41, 5.74) is 2.65. The van der Waals surface area contributed by atoms with Crippen molar-refractivity contribution < 1.29 is 23.9 Å². The van der Waals surface area contributed by atoms with Crippen LogP contribution in [-0.2, 0) is 27.2 Å². The average Bonchev–Trinajstić information content (AvgIpc) is 3.46. The Kier molecular flexibility index (Phi) is 12.3. The van der Waals surface area contributed by atoms with E-state index in [0.717, 1.165) is 34.6 Å². The minimum atomic E-state index is -0.603. The minimum Gasteiger partial charge on any atom is -0.465 e. The third-order valence-corrected chi connectivity index (χ3v) is 11.6. The molecule has 1 aliphatic carbocycles. The normalized spacial score (nSPS) is 15.0. The first kappa shape index (κ1) is 38.1. The van der Waals surface area contributed by atoms with E-state index in [4.69, 9.17) is 27.9 Å². The van der Waals surface area contributed by atoms with E-state index in [0.29, 0.717) is 43.3 Å². The summed E-state index contributed by atoms with van der Waals surface area (Å²) in [5, 5.41) is 9.10. The lowest BCUT2D eigenvalue weighted by atomic mass is 9.72. The van der Waals surface area contributed by atoms with Crippen molar-refractivity contribution in [3.05, 3.63) is 116 Å². The van der Waals surface area contributed by atoms with Crippen molar-refractivity contribution in [3.63, 3.8) is 0 Å². The number of fused-ring (bicyclic) bond motifs is 1. The van der Waals surface area contributed by atoms with Crippen LogP contribution in [0.2, 0.25) is 10.0 Å². The van der Waals surface area contributed by atoms with Crippen molar-refractivity contribution >= 4 is 86.8 Å². The van der Waals surface area contributed by atoms with Crippen molar-refractivity contribution in [1.29, 1.82) is 0 Å². The lowest BCUT2D eigenvalue weighted by molar-refractivity contribution is -0.115. The maximum Gasteiger partial charge on any atom is 0.341 e. The molecule has 0 bridgehead atoms. The van der Waals surface area contributed by atoms with Gasteiger partial charge in [0.05, 0.1) is 17.9 Å². The SMILES string of the molecule is COC(=O)c1c(NC(=O)C(C)Sc2cccc(NC(=O)/C(=C\c3c(Cl)cccc3Cl)NC(=O)c3ccccc3)c2)sc2c1CCC(C(C)(C)C)C2. The monoisotopic (exact) mass is 763 g/mol.